The predicted molar refractivity (Wildman–Crippen MR) is 63.8 cm³/mol. The van der Waals surface area contributed by atoms with E-state index < -0.39 is 0 Å². The number of allylic oxidation sites excluding steroid dienone is 1. The summed E-state index contributed by atoms with van der Waals surface area (Å²) in [5.74, 6) is 1.01. The molecular weight excluding hydrogens is 186 g/mol. The molecule has 0 unspecified atom stereocenters. The van der Waals surface area contributed by atoms with Gasteiger partial charge in [0.25, 0.3) is 0 Å². The molecule has 1 rings (SSSR count). The van der Waals surface area contributed by atoms with Crippen LogP contribution < -0.4 is 5.32 Å². The molecule has 0 saturated carbocycles. The van der Waals surface area contributed by atoms with Crippen LogP contribution in [-0.2, 0) is 0 Å². The Kier molecular flexibility index (Phi) is 5.86. The highest BCUT2D eigenvalue weighted by Crippen LogP contribution is 2.12. The largest absolute Gasteiger partial charge is 0.468 e. The first kappa shape index (κ1) is 12.1. The molecule has 0 aliphatic carbocycles. The van der Waals surface area contributed by atoms with Crippen molar-refractivity contribution < 1.29 is 4.42 Å². The molecule has 0 amide bonds. The molecule has 0 saturated heterocycles. The Morgan fingerprint density at radius 3 is 3.00 bits per heavy atom. The maximum atomic E-state index is 5.32. The average molecular weight is 207 g/mol. The van der Waals surface area contributed by atoms with Crippen LogP contribution in [0.5, 0.6) is 0 Å². The molecule has 0 aromatic carbocycles. The van der Waals surface area contributed by atoms with Crippen molar-refractivity contribution in [1.29, 1.82) is 0 Å². The molecule has 1 aromatic heterocycles. The summed E-state index contributed by atoms with van der Waals surface area (Å²) in [6, 6.07) is 4.26. The molecule has 2 nitrogen and oxygen atoms in total. The topological polar surface area (TPSA) is 25.2 Å². The highest BCUT2D eigenvalue weighted by molar-refractivity contribution is 5.02. The smallest absolute Gasteiger partial charge is 0.120 e. The normalized spacial score (nSPS) is 12.6. The van der Waals surface area contributed by atoms with Gasteiger partial charge < -0.3 is 9.73 Å². The number of furan rings is 1. The van der Waals surface area contributed by atoms with Gasteiger partial charge in [-0.15, -0.1) is 6.58 Å². The van der Waals surface area contributed by atoms with Crippen molar-refractivity contribution >= 4 is 0 Å². The SMILES string of the molecule is C=CCCCCCN[C@H](C)c1ccco1. The minimum atomic E-state index is 0.319. The van der Waals surface area contributed by atoms with Gasteiger partial charge in [0.2, 0.25) is 0 Å². The first-order valence-corrected chi connectivity index (χ1v) is 5.72. The van der Waals surface area contributed by atoms with E-state index in [1.54, 1.807) is 6.26 Å². The van der Waals surface area contributed by atoms with Crippen molar-refractivity contribution in [2.75, 3.05) is 6.54 Å². The number of rotatable bonds is 8. The summed E-state index contributed by atoms with van der Waals surface area (Å²) >= 11 is 0. The van der Waals surface area contributed by atoms with Crippen LogP contribution in [0.15, 0.2) is 35.5 Å². The van der Waals surface area contributed by atoms with Crippen molar-refractivity contribution in [1.82, 2.24) is 5.32 Å². The lowest BCUT2D eigenvalue weighted by atomic mass is 10.2. The second-order valence-electron chi connectivity index (χ2n) is 3.83. The first-order chi connectivity index (χ1) is 7.34. The van der Waals surface area contributed by atoms with Crippen LogP contribution in [0.1, 0.15) is 44.4 Å². The average Bonchev–Trinajstić information content (AvgIpc) is 2.76. The molecule has 84 valence electrons. The Labute approximate surface area is 92.4 Å². The molecular formula is C13H21NO. The third-order valence-corrected chi connectivity index (χ3v) is 2.51. The van der Waals surface area contributed by atoms with Crippen molar-refractivity contribution in [3.05, 3.63) is 36.8 Å². The fourth-order valence-electron chi connectivity index (χ4n) is 1.55. The minimum absolute atomic E-state index is 0.319. The van der Waals surface area contributed by atoms with Crippen LogP contribution in [0.25, 0.3) is 0 Å². The Bertz CT molecular complexity index is 254. The molecule has 0 aliphatic heterocycles. The third kappa shape index (κ3) is 4.84. The Morgan fingerprint density at radius 1 is 1.47 bits per heavy atom. The Balaban J connectivity index is 2.02. The molecule has 15 heavy (non-hydrogen) atoms. The van der Waals surface area contributed by atoms with Crippen molar-refractivity contribution in [3.63, 3.8) is 0 Å². The number of hydrogen-bond donors (Lipinski definition) is 1. The molecule has 0 fully saturated rings. The summed E-state index contributed by atoms with van der Waals surface area (Å²) < 4.78 is 5.32. The maximum absolute atomic E-state index is 5.32. The fourth-order valence-corrected chi connectivity index (χ4v) is 1.55. The van der Waals surface area contributed by atoms with Gasteiger partial charge in [-0.3, -0.25) is 0 Å². The quantitative estimate of drug-likeness (QED) is 0.519. The monoisotopic (exact) mass is 207 g/mol. The standard InChI is InChI=1S/C13H21NO/c1-3-4-5-6-7-10-14-12(2)13-9-8-11-15-13/h3,8-9,11-12,14H,1,4-7,10H2,2H3/t12-/m1/s1. The van der Waals surface area contributed by atoms with Gasteiger partial charge in [-0.2, -0.15) is 0 Å². The maximum Gasteiger partial charge on any atom is 0.120 e. The van der Waals surface area contributed by atoms with Crippen molar-refractivity contribution in [3.8, 4) is 0 Å². The third-order valence-electron chi connectivity index (χ3n) is 2.51. The van der Waals surface area contributed by atoms with E-state index >= 15 is 0 Å². The molecule has 0 aliphatic rings. The molecule has 0 radical (unpaired) electrons. The molecule has 2 heteroatoms. The van der Waals surface area contributed by atoms with E-state index in [1.807, 2.05) is 18.2 Å². The second kappa shape index (κ2) is 7.30. The van der Waals surface area contributed by atoms with Crippen LogP contribution in [0.2, 0.25) is 0 Å². The van der Waals surface area contributed by atoms with E-state index in [4.69, 9.17) is 4.42 Å². The van der Waals surface area contributed by atoms with Gasteiger partial charge >= 0.3 is 0 Å². The van der Waals surface area contributed by atoms with Crippen LogP contribution in [0, 0.1) is 0 Å². The highest BCUT2D eigenvalue weighted by atomic mass is 16.3. The Morgan fingerprint density at radius 2 is 2.33 bits per heavy atom. The lowest BCUT2D eigenvalue weighted by Gasteiger charge is -2.10. The van der Waals surface area contributed by atoms with E-state index in [2.05, 4.69) is 18.8 Å². The number of unbranched alkanes of at least 4 members (excludes halogenated alkanes) is 3. The fraction of sp³-hybridized carbons (Fsp3) is 0.538. The lowest BCUT2D eigenvalue weighted by Crippen LogP contribution is -2.19. The zero-order chi connectivity index (χ0) is 10.9. The molecule has 1 heterocycles. The summed E-state index contributed by atoms with van der Waals surface area (Å²) in [6.45, 7) is 6.89. The second-order valence-corrected chi connectivity index (χ2v) is 3.83. The van der Waals surface area contributed by atoms with E-state index in [0.29, 0.717) is 6.04 Å². The van der Waals surface area contributed by atoms with Crippen LogP contribution in [0.3, 0.4) is 0 Å². The van der Waals surface area contributed by atoms with Gasteiger partial charge in [-0.25, -0.2) is 0 Å². The first-order valence-electron chi connectivity index (χ1n) is 5.72. The van der Waals surface area contributed by atoms with Crippen molar-refractivity contribution in [2.45, 2.75) is 38.6 Å². The van der Waals surface area contributed by atoms with E-state index in [-0.39, 0.29) is 0 Å². The molecule has 0 spiro atoms. The summed E-state index contributed by atoms with van der Waals surface area (Å²) in [4.78, 5) is 0. The van der Waals surface area contributed by atoms with Crippen molar-refractivity contribution in [2.24, 2.45) is 0 Å². The number of nitrogens with one attached hydrogen (secondary N) is 1. The molecule has 1 aromatic rings. The van der Waals surface area contributed by atoms with E-state index in [0.717, 1.165) is 18.7 Å². The van der Waals surface area contributed by atoms with E-state index in [9.17, 15) is 0 Å². The summed E-state index contributed by atoms with van der Waals surface area (Å²) in [7, 11) is 0. The molecule has 1 atom stereocenters. The number of hydrogen-bond acceptors (Lipinski definition) is 2. The molecule has 0 bridgehead atoms. The van der Waals surface area contributed by atoms with Crippen LogP contribution in [0.4, 0.5) is 0 Å². The lowest BCUT2D eigenvalue weighted by molar-refractivity contribution is 0.426. The van der Waals surface area contributed by atoms with Crippen LogP contribution in [-0.4, -0.2) is 6.54 Å². The van der Waals surface area contributed by atoms with Gasteiger partial charge in [-0.1, -0.05) is 12.5 Å². The van der Waals surface area contributed by atoms with Gasteiger partial charge in [-0.05, 0) is 44.9 Å². The molecule has 1 N–H and O–H groups in total. The highest BCUT2D eigenvalue weighted by Gasteiger charge is 2.05. The predicted octanol–water partition coefficient (Wildman–Crippen LogP) is 3.68. The van der Waals surface area contributed by atoms with Gasteiger partial charge in [0.05, 0.1) is 12.3 Å². The summed E-state index contributed by atoms with van der Waals surface area (Å²) in [5, 5.41) is 3.44. The van der Waals surface area contributed by atoms with Gasteiger partial charge in [0.15, 0.2) is 0 Å². The minimum Gasteiger partial charge on any atom is -0.468 e. The summed E-state index contributed by atoms with van der Waals surface area (Å²) in [5.41, 5.74) is 0. The zero-order valence-corrected chi connectivity index (χ0v) is 9.54. The van der Waals surface area contributed by atoms with E-state index in [1.165, 1.54) is 19.3 Å². The van der Waals surface area contributed by atoms with Crippen LogP contribution >= 0.6 is 0 Å². The summed E-state index contributed by atoms with van der Waals surface area (Å²) in [6.07, 6.45) is 8.58. The van der Waals surface area contributed by atoms with Gasteiger partial charge in [0.1, 0.15) is 5.76 Å². The Hall–Kier alpha value is -1.02. The van der Waals surface area contributed by atoms with Gasteiger partial charge in [0, 0.05) is 0 Å². The zero-order valence-electron chi connectivity index (χ0n) is 9.54.